The molecule has 0 atom stereocenters. The highest BCUT2D eigenvalue weighted by Crippen LogP contribution is 2.27. The topological polar surface area (TPSA) is 64.3 Å². The summed E-state index contributed by atoms with van der Waals surface area (Å²) in [4.78, 5) is 12.4. The van der Waals surface area contributed by atoms with Crippen molar-refractivity contribution < 1.29 is 9.53 Å². The lowest BCUT2D eigenvalue weighted by molar-refractivity contribution is 0.102. The zero-order valence-corrected chi connectivity index (χ0v) is 12.0. The quantitative estimate of drug-likeness (QED) is 0.850. The van der Waals surface area contributed by atoms with Crippen LogP contribution in [0.5, 0.6) is 5.75 Å². The summed E-state index contributed by atoms with van der Waals surface area (Å²) >= 11 is 0. The van der Waals surface area contributed by atoms with Crippen molar-refractivity contribution >= 4 is 17.3 Å². The summed E-state index contributed by atoms with van der Waals surface area (Å²) in [5.74, 6) is 0.293. The van der Waals surface area contributed by atoms with E-state index in [1.165, 1.54) is 24.7 Å². The molecule has 0 fully saturated rings. The van der Waals surface area contributed by atoms with Gasteiger partial charge in [0.1, 0.15) is 5.75 Å². The summed E-state index contributed by atoms with van der Waals surface area (Å²) in [7, 11) is 1.54. The van der Waals surface area contributed by atoms with Crippen LogP contribution in [0.25, 0.3) is 0 Å². The Balaban J connectivity index is 1.83. The van der Waals surface area contributed by atoms with E-state index >= 15 is 0 Å². The number of aryl methyl sites for hydroxylation is 2. The van der Waals surface area contributed by atoms with Gasteiger partial charge in [-0.15, -0.1) is 0 Å². The number of carbonyl (C=O) groups is 1. The second-order valence-corrected chi connectivity index (χ2v) is 5.21. The fraction of sp³-hybridized carbons (Fsp3) is 0.235. The van der Waals surface area contributed by atoms with Crippen molar-refractivity contribution in [2.45, 2.75) is 19.3 Å². The first kappa shape index (κ1) is 13.5. The Bertz CT molecular complexity index is 695. The molecule has 1 amide bonds. The molecule has 3 rings (SSSR count). The van der Waals surface area contributed by atoms with Crippen molar-refractivity contribution in [1.29, 1.82) is 0 Å². The van der Waals surface area contributed by atoms with Crippen LogP contribution >= 0.6 is 0 Å². The van der Waals surface area contributed by atoms with Gasteiger partial charge in [0.05, 0.1) is 18.4 Å². The molecule has 0 aliphatic heterocycles. The Morgan fingerprint density at radius 1 is 1.19 bits per heavy atom. The fourth-order valence-electron chi connectivity index (χ4n) is 2.77. The summed E-state index contributed by atoms with van der Waals surface area (Å²) in [6.45, 7) is 0. The number of carbonyl (C=O) groups excluding carboxylic acids is 1. The molecule has 0 spiro atoms. The third-order valence-corrected chi connectivity index (χ3v) is 3.89. The van der Waals surface area contributed by atoms with E-state index in [2.05, 4.69) is 17.4 Å². The van der Waals surface area contributed by atoms with Crippen LogP contribution in [-0.2, 0) is 12.8 Å². The molecule has 0 unspecified atom stereocenters. The second-order valence-electron chi connectivity index (χ2n) is 5.21. The highest BCUT2D eigenvalue weighted by Gasteiger charge is 2.15. The van der Waals surface area contributed by atoms with Crippen molar-refractivity contribution in [2.24, 2.45) is 0 Å². The Hall–Kier alpha value is -2.49. The van der Waals surface area contributed by atoms with Gasteiger partial charge >= 0.3 is 0 Å². The smallest absolute Gasteiger partial charge is 0.257 e. The summed E-state index contributed by atoms with van der Waals surface area (Å²) in [5.41, 5.74) is 10.3. The van der Waals surface area contributed by atoms with Crippen molar-refractivity contribution in [3.05, 3.63) is 53.1 Å². The number of fused-ring (bicyclic) bond motifs is 1. The summed E-state index contributed by atoms with van der Waals surface area (Å²) < 4.78 is 5.14. The Kier molecular flexibility index (Phi) is 3.52. The molecule has 1 aliphatic carbocycles. The minimum absolute atomic E-state index is 0.218. The van der Waals surface area contributed by atoms with E-state index < -0.39 is 0 Å². The number of ether oxygens (including phenoxy) is 1. The first-order chi connectivity index (χ1) is 10.2. The van der Waals surface area contributed by atoms with Crippen LogP contribution in [0.4, 0.5) is 11.4 Å². The number of rotatable bonds is 3. The predicted octanol–water partition coefficient (Wildman–Crippen LogP) is 3.02. The predicted molar refractivity (Wildman–Crippen MR) is 83.8 cm³/mol. The van der Waals surface area contributed by atoms with E-state index in [9.17, 15) is 4.79 Å². The zero-order chi connectivity index (χ0) is 14.8. The summed E-state index contributed by atoms with van der Waals surface area (Å²) in [6.07, 6.45) is 3.41. The molecular formula is C17H18N2O2. The third kappa shape index (κ3) is 2.57. The van der Waals surface area contributed by atoms with Crippen molar-refractivity contribution in [1.82, 2.24) is 0 Å². The van der Waals surface area contributed by atoms with Crippen LogP contribution in [0, 0.1) is 0 Å². The molecule has 0 radical (unpaired) electrons. The van der Waals surface area contributed by atoms with E-state index in [1.807, 2.05) is 6.07 Å². The lowest BCUT2D eigenvalue weighted by Gasteiger charge is -2.11. The third-order valence-electron chi connectivity index (χ3n) is 3.89. The SMILES string of the molecule is COc1cccc(C(=O)Nc2ccc3c(c2)CCC3)c1N. The number of hydrogen-bond donors (Lipinski definition) is 2. The minimum atomic E-state index is -0.218. The van der Waals surface area contributed by atoms with Gasteiger partial charge in [-0.25, -0.2) is 0 Å². The maximum atomic E-state index is 12.4. The van der Waals surface area contributed by atoms with Crippen LogP contribution in [0.3, 0.4) is 0 Å². The number of para-hydroxylation sites is 1. The van der Waals surface area contributed by atoms with Gasteiger partial charge in [0.2, 0.25) is 0 Å². The average molecular weight is 282 g/mol. The minimum Gasteiger partial charge on any atom is -0.495 e. The van der Waals surface area contributed by atoms with Crippen LogP contribution in [0.1, 0.15) is 27.9 Å². The number of methoxy groups -OCH3 is 1. The van der Waals surface area contributed by atoms with Gasteiger partial charge in [0.15, 0.2) is 0 Å². The largest absolute Gasteiger partial charge is 0.495 e. The van der Waals surface area contributed by atoms with Gasteiger partial charge in [-0.3, -0.25) is 4.79 Å². The molecule has 0 bridgehead atoms. The molecule has 0 saturated carbocycles. The molecule has 1 aliphatic rings. The highest BCUT2D eigenvalue weighted by molar-refractivity contribution is 6.08. The molecule has 4 heteroatoms. The molecule has 108 valence electrons. The summed E-state index contributed by atoms with van der Waals surface area (Å²) in [6, 6.07) is 11.3. The summed E-state index contributed by atoms with van der Waals surface area (Å²) in [5, 5.41) is 2.91. The molecule has 0 saturated heterocycles. The normalized spacial score (nSPS) is 12.8. The maximum Gasteiger partial charge on any atom is 0.257 e. The Morgan fingerprint density at radius 3 is 2.81 bits per heavy atom. The highest BCUT2D eigenvalue weighted by atomic mass is 16.5. The molecular weight excluding hydrogens is 264 g/mol. The number of amides is 1. The molecule has 4 nitrogen and oxygen atoms in total. The standard InChI is InChI=1S/C17H18N2O2/c1-21-15-7-3-6-14(16(15)18)17(20)19-13-9-8-11-4-2-5-12(11)10-13/h3,6-10H,2,4-5,18H2,1H3,(H,19,20). The van der Waals surface area contributed by atoms with Gasteiger partial charge in [0, 0.05) is 5.69 Å². The molecule has 0 heterocycles. The number of nitrogens with one attached hydrogen (secondary N) is 1. The number of anilines is 2. The number of nitrogen functional groups attached to an aromatic ring is 1. The fourth-order valence-corrected chi connectivity index (χ4v) is 2.77. The van der Waals surface area contributed by atoms with Gasteiger partial charge in [-0.1, -0.05) is 12.1 Å². The molecule has 0 aromatic heterocycles. The molecule has 3 N–H and O–H groups in total. The number of nitrogens with two attached hydrogens (primary N) is 1. The van der Waals surface area contributed by atoms with Gasteiger partial charge in [-0.05, 0) is 54.7 Å². The van der Waals surface area contributed by atoms with Crippen molar-refractivity contribution in [2.75, 3.05) is 18.2 Å². The van der Waals surface area contributed by atoms with Gasteiger partial charge in [-0.2, -0.15) is 0 Å². The van der Waals surface area contributed by atoms with Crippen LogP contribution in [-0.4, -0.2) is 13.0 Å². The molecule has 2 aromatic rings. The second kappa shape index (κ2) is 5.48. The van der Waals surface area contributed by atoms with Crippen molar-refractivity contribution in [3.8, 4) is 5.75 Å². The van der Waals surface area contributed by atoms with Crippen molar-refractivity contribution in [3.63, 3.8) is 0 Å². The first-order valence-electron chi connectivity index (χ1n) is 7.04. The number of benzene rings is 2. The Labute approximate surface area is 123 Å². The van der Waals surface area contributed by atoms with E-state index in [0.29, 0.717) is 17.0 Å². The molecule has 2 aromatic carbocycles. The lowest BCUT2D eigenvalue weighted by Crippen LogP contribution is -2.14. The first-order valence-corrected chi connectivity index (χ1v) is 7.04. The lowest BCUT2D eigenvalue weighted by atomic mass is 10.1. The maximum absolute atomic E-state index is 12.4. The van der Waals surface area contributed by atoms with Crippen LogP contribution in [0.2, 0.25) is 0 Å². The number of hydrogen-bond acceptors (Lipinski definition) is 3. The monoisotopic (exact) mass is 282 g/mol. The van der Waals surface area contributed by atoms with E-state index in [-0.39, 0.29) is 5.91 Å². The van der Waals surface area contributed by atoms with E-state index in [0.717, 1.165) is 18.5 Å². The average Bonchev–Trinajstić information content (AvgIpc) is 2.95. The zero-order valence-electron chi connectivity index (χ0n) is 12.0. The van der Waals surface area contributed by atoms with Gasteiger partial charge in [0.25, 0.3) is 5.91 Å². The van der Waals surface area contributed by atoms with Crippen LogP contribution < -0.4 is 15.8 Å². The Morgan fingerprint density at radius 2 is 2.00 bits per heavy atom. The van der Waals surface area contributed by atoms with Gasteiger partial charge < -0.3 is 15.8 Å². The van der Waals surface area contributed by atoms with E-state index in [4.69, 9.17) is 10.5 Å². The molecule has 21 heavy (non-hydrogen) atoms. The van der Waals surface area contributed by atoms with E-state index in [1.54, 1.807) is 18.2 Å². The van der Waals surface area contributed by atoms with Crippen LogP contribution in [0.15, 0.2) is 36.4 Å².